The van der Waals surface area contributed by atoms with Crippen molar-refractivity contribution < 1.29 is 4.74 Å². The number of methoxy groups -OCH3 is 1. The van der Waals surface area contributed by atoms with Crippen molar-refractivity contribution in [2.45, 2.75) is 6.54 Å². The summed E-state index contributed by atoms with van der Waals surface area (Å²) in [5.74, 6) is 0.831. The molecule has 25 heavy (non-hydrogen) atoms. The molecule has 4 rings (SSSR count). The predicted molar refractivity (Wildman–Crippen MR) is 95.7 cm³/mol. The van der Waals surface area contributed by atoms with Gasteiger partial charge in [-0.25, -0.2) is 9.67 Å². The topological polar surface area (TPSA) is 65.7 Å². The van der Waals surface area contributed by atoms with Crippen LogP contribution in [0.1, 0.15) is 5.56 Å². The van der Waals surface area contributed by atoms with Crippen molar-refractivity contribution >= 4 is 22.6 Å². The van der Waals surface area contributed by atoms with Gasteiger partial charge in [0.2, 0.25) is 0 Å². The Morgan fingerprint density at radius 3 is 2.60 bits per heavy atom. The van der Waals surface area contributed by atoms with Gasteiger partial charge in [-0.3, -0.25) is 4.98 Å². The van der Waals surface area contributed by atoms with Crippen molar-refractivity contribution in [1.29, 1.82) is 0 Å². The van der Waals surface area contributed by atoms with E-state index in [9.17, 15) is 0 Å². The van der Waals surface area contributed by atoms with E-state index in [1.807, 2.05) is 47.1 Å². The third kappa shape index (κ3) is 3.04. The maximum Gasteiger partial charge on any atom is 0.155 e. The molecule has 0 fully saturated rings. The molecule has 0 bridgehead atoms. The van der Waals surface area contributed by atoms with E-state index in [0.717, 1.165) is 27.9 Å². The van der Waals surface area contributed by atoms with Crippen molar-refractivity contribution in [3.05, 3.63) is 65.6 Å². The second-order valence-electron chi connectivity index (χ2n) is 5.49. The monoisotopic (exact) mass is 351 g/mol. The first-order valence-corrected chi connectivity index (χ1v) is 8.05. The highest BCUT2D eigenvalue weighted by Gasteiger charge is 2.10. The molecule has 6 nitrogen and oxygen atoms in total. The summed E-state index contributed by atoms with van der Waals surface area (Å²) in [6.45, 7) is 0.631. The third-order valence-corrected chi connectivity index (χ3v) is 4.21. The van der Waals surface area contributed by atoms with Gasteiger partial charge in [0, 0.05) is 18.0 Å². The molecule has 0 saturated carbocycles. The fraction of sp³-hybridized carbons (Fsp3) is 0.111. The Labute approximate surface area is 149 Å². The lowest BCUT2D eigenvalue weighted by Crippen LogP contribution is -2.01. The molecule has 0 N–H and O–H groups in total. The van der Waals surface area contributed by atoms with Crippen LogP contribution < -0.4 is 4.74 Å². The maximum absolute atomic E-state index is 6.12. The molecule has 4 aromatic rings. The van der Waals surface area contributed by atoms with E-state index in [0.29, 0.717) is 17.4 Å². The normalized spacial score (nSPS) is 11.0. The number of hydrogen-bond donors (Lipinski definition) is 0. The average Bonchev–Trinajstić information content (AvgIpc) is 3.05. The summed E-state index contributed by atoms with van der Waals surface area (Å²) in [6, 6.07) is 13.7. The van der Waals surface area contributed by atoms with E-state index >= 15 is 0 Å². The van der Waals surface area contributed by atoms with Gasteiger partial charge in [-0.1, -0.05) is 35.0 Å². The van der Waals surface area contributed by atoms with Crippen molar-refractivity contribution in [1.82, 2.24) is 25.0 Å². The molecule has 0 amide bonds. The number of rotatable bonds is 4. The van der Waals surface area contributed by atoms with Crippen LogP contribution in [0.15, 0.2) is 54.9 Å². The number of ether oxygens (including phenoxy) is 1. The Kier molecular flexibility index (Phi) is 4.03. The third-order valence-electron chi connectivity index (χ3n) is 3.93. The lowest BCUT2D eigenvalue weighted by atomic mass is 10.1. The summed E-state index contributed by atoms with van der Waals surface area (Å²) in [4.78, 5) is 8.35. The van der Waals surface area contributed by atoms with E-state index < -0.39 is 0 Å². The van der Waals surface area contributed by atoms with Crippen molar-refractivity contribution in [3.8, 4) is 17.0 Å². The molecule has 0 unspecified atom stereocenters. The van der Waals surface area contributed by atoms with E-state index in [2.05, 4.69) is 20.3 Å². The van der Waals surface area contributed by atoms with Gasteiger partial charge in [0.15, 0.2) is 5.15 Å². The SMILES string of the molecule is COc1ccc(Cn2nnc3cc(-c4nccnc4Cl)ccc32)cc1. The second kappa shape index (κ2) is 6.49. The van der Waals surface area contributed by atoms with Crippen LogP contribution in [-0.4, -0.2) is 32.1 Å². The largest absolute Gasteiger partial charge is 0.497 e. The minimum absolute atomic E-state index is 0.368. The highest BCUT2D eigenvalue weighted by molar-refractivity contribution is 6.31. The molecule has 0 spiro atoms. The van der Waals surface area contributed by atoms with Crippen LogP contribution in [0.4, 0.5) is 0 Å². The van der Waals surface area contributed by atoms with Crippen LogP contribution in [0.25, 0.3) is 22.3 Å². The summed E-state index contributed by atoms with van der Waals surface area (Å²) in [5.41, 5.74) is 4.35. The van der Waals surface area contributed by atoms with E-state index in [1.165, 1.54) is 0 Å². The first-order valence-electron chi connectivity index (χ1n) is 7.67. The number of halogens is 1. The standard InChI is InChI=1S/C18H14ClN5O/c1-25-14-5-2-12(3-6-14)11-24-16-7-4-13(10-15(16)22-23-24)17-18(19)21-9-8-20-17/h2-10H,11H2,1H3. The van der Waals surface area contributed by atoms with Gasteiger partial charge in [0.25, 0.3) is 0 Å². The molecule has 124 valence electrons. The van der Waals surface area contributed by atoms with Gasteiger partial charge >= 0.3 is 0 Å². The number of fused-ring (bicyclic) bond motifs is 1. The lowest BCUT2D eigenvalue weighted by molar-refractivity contribution is 0.414. The molecular weight excluding hydrogens is 338 g/mol. The fourth-order valence-electron chi connectivity index (χ4n) is 2.65. The Balaban J connectivity index is 1.67. The molecule has 2 aromatic heterocycles. The second-order valence-corrected chi connectivity index (χ2v) is 5.85. The summed E-state index contributed by atoms with van der Waals surface area (Å²) < 4.78 is 7.04. The van der Waals surface area contributed by atoms with Gasteiger partial charge in [-0.2, -0.15) is 0 Å². The van der Waals surface area contributed by atoms with Crippen molar-refractivity contribution in [2.24, 2.45) is 0 Å². The predicted octanol–water partition coefficient (Wildman–Crippen LogP) is 3.60. The zero-order chi connectivity index (χ0) is 17.2. The van der Waals surface area contributed by atoms with Crippen molar-refractivity contribution in [3.63, 3.8) is 0 Å². The van der Waals surface area contributed by atoms with Gasteiger partial charge in [0.1, 0.15) is 17.0 Å². The Hall–Kier alpha value is -2.99. The van der Waals surface area contributed by atoms with Crippen molar-refractivity contribution in [2.75, 3.05) is 7.11 Å². The van der Waals surface area contributed by atoms with Crippen LogP contribution in [0.3, 0.4) is 0 Å². The minimum atomic E-state index is 0.368. The summed E-state index contributed by atoms with van der Waals surface area (Å²) in [6.07, 6.45) is 3.18. The minimum Gasteiger partial charge on any atom is -0.497 e. The molecule has 2 aromatic carbocycles. The summed E-state index contributed by atoms with van der Waals surface area (Å²) in [7, 11) is 1.65. The van der Waals surface area contributed by atoms with Crippen LogP contribution in [0.5, 0.6) is 5.75 Å². The summed E-state index contributed by atoms with van der Waals surface area (Å²) >= 11 is 6.12. The van der Waals surface area contributed by atoms with Crippen LogP contribution in [0.2, 0.25) is 5.15 Å². The number of benzene rings is 2. The van der Waals surface area contributed by atoms with Gasteiger partial charge < -0.3 is 4.74 Å². The fourth-order valence-corrected chi connectivity index (χ4v) is 2.87. The van der Waals surface area contributed by atoms with E-state index in [1.54, 1.807) is 19.5 Å². The highest BCUT2D eigenvalue weighted by Crippen LogP contribution is 2.26. The Morgan fingerprint density at radius 2 is 1.84 bits per heavy atom. The highest BCUT2D eigenvalue weighted by atomic mass is 35.5. The van der Waals surface area contributed by atoms with Gasteiger partial charge in [-0.05, 0) is 29.8 Å². The van der Waals surface area contributed by atoms with Gasteiger partial charge in [-0.15, -0.1) is 5.10 Å². The molecule has 0 radical (unpaired) electrons. The molecule has 0 aliphatic heterocycles. The first kappa shape index (κ1) is 15.5. The zero-order valence-electron chi connectivity index (χ0n) is 13.4. The lowest BCUT2D eigenvalue weighted by Gasteiger charge is -2.05. The van der Waals surface area contributed by atoms with Crippen LogP contribution in [0, 0.1) is 0 Å². The number of aromatic nitrogens is 5. The Bertz CT molecular complexity index is 1030. The van der Waals surface area contributed by atoms with Gasteiger partial charge in [0.05, 0.1) is 19.2 Å². The zero-order valence-corrected chi connectivity index (χ0v) is 14.2. The molecular formula is C18H14ClN5O. The molecule has 0 saturated heterocycles. The Morgan fingerprint density at radius 1 is 1.04 bits per heavy atom. The van der Waals surface area contributed by atoms with Crippen LogP contribution >= 0.6 is 11.6 Å². The van der Waals surface area contributed by atoms with E-state index in [-0.39, 0.29) is 0 Å². The summed E-state index contributed by atoms with van der Waals surface area (Å²) in [5, 5.41) is 8.89. The molecule has 2 heterocycles. The quantitative estimate of drug-likeness (QED) is 0.562. The average molecular weight is 352 g/mol. The molecule has 7 heteroatoms. The number of hydrogen-bond acceptors (Lipinski definition) is 5. The maximum atomic E-state index is 6.12. The smallest absolute Gasteiger partial charge is 0.155 e. The van der Waals surface area contributed by atoms with Crippen LogP contribution in [-0.2, 0) is 6.54 Å². The van der Waals surface area contributed by atoms with E-state index in [4.69, 9.17) is 16.3 Å². The first-order chi connectivity index (χ1) is 12.2. The molecule has 0 atom stereocenters. The number of nitrogens with zero attached hydrogens (tertiary/aromatic N) is 5. The molecule has 0 aliphatic rings. The molecule has 0 aliphatic carbocycles.